The number of hydrogen-bond acceptors (Lipinski definition) is 4. The van der Waals surface area contributed by atoms with E-state index in [9.17, 15) is 18.4 Å². The van der Waals surface area contributed by atoms with Crippen LogP contribution in [0.25, 0.3) is 6.08 Å². The lowest BCUT2D eigenvalue weighted by atomic mass is 10.1. The molecular weight excluding hydrogens is 378 g/mol. The smallest absolute Gasteiger partial charge is 0.337 e. The van der Waals surface area contributed by atoms with Crippen LogP contribution in [0.1, 0.15) is 21.5 Å². The first-order valence-electron chi connectivity index (χ1n) is 9.04. The molecule has 0 heterocycles. The molecule has 0 N–H and O–H groups in total. The second-order valence-electron chi connectivity index (χ2n) is 6.75. The van der Waals surface area contributed by atoms with E-state index in [0.29, 0.717) is 18.7 Å². The number of rotatable bonds is 8. The Morgan fingerprint density at radius 2 is 1.72 bits per heavy atom. The van der Waals surface area contributed by atoms with Crippen LogP contribution in [0.5, 0.6) is 0 Å². The molecule has 0 unspecified atom stereocenters. The average molecular weight is 402 g/mol. The first-order valence-corrected chi connectivity index (χ1v) is 9.04. The van der Waals surface area contributed by atoms with E-state index < -0.39 is 17.6 Å². The lowest BCUT2D eigenvalue weighted by Crippen LogP contribution is -2.35. The van der Waals surface area contributed by atoms with Gasteiger partial charge < -0.3 is 14.5 Å². The fourth-order valence-corrected chi connectivity index (χ4v) is 2.56. The molecular formula is C22H24F2N2O3. The Balaban J connectivity index is 2.13. The summed E-state index contributed by atoms with van der Waals surface area (Å²) in [7, 11) is 5.06. The van der Waals surface area contributed by atoms with Gasteiger partial charge in [0.05, 0.1) is 12.7 Å². The molecule has 2 aromatic rings. The Hall–Kier alpha value is -3.06. The molecule has 0 fully saturated rings. The van der Waals surface area contributed by atoms with E-state index in [1.165, 1.54) is 30.2 Å². The van der Waals surface area contributed by atoms with Crippen molar-refractivity contribution in [3.05, 3.63) is 76.9 Å². The van der Waals surface area contributed by atoms with E-state index in [2.05, 4.69) is 4.74 Å². The number of methoxy groups -OCH3 is 1. The summed E-state index contributed by atoms with van der Waals surface area (Å²) < 4.78 is 31.8. The molecule has 0 saturated carbocycles. The van der Waals surface area contributed by atoms with Gasteiger partial charge >= 0.3 is 5.97 Å². The highest BCUT2D eigenvalue weighted by Gasteiger charge is 2.15. The van der Waals surface area contributed by atoms with Gasteiger partial charge in [0.25, 0.3) is 0 Å². The number of carbonyl (C=O) groups excluding carboxylic acids is 2. The van der Waals surface area contributed by atoms with Gasteiger partial charge in [-0.1, -0.05) is 18.2 Å². The maximum Gasteiger partial charge on any atom is 0.337 e. The van der Waals surface area contributed by atoms with Gasteiger partial charge in [-0.15, -0.1) is 0 Å². The number of benzene rings is 2. The first-order chi connectivity index (χ1) is 13.8. The van der Waals surface area contributed by atoms with Crippen LogP contribution >= 0.6 is 0 Å². The molecule has 0 bridgehead atoms. The van der Waals surface area contributed by atoms with Gasteiger partial charge in [0.15, 0.2) is 0 Å². The van der Waals surface area contributed by atoms with Crippen molar-refractivity contribution >= 4 is 18.0 Å². The largest absolute Gasteiger partial charge is 0.465 e. The highest BCUT2D eigenvalue weighted by Crippen LogP contribution is 2.13. The molecule has 0 aromatic heterocycles. The second kappa shape index (κ2) is 10.5. The summed E-state index contributed by atoms with van der Waals surface area (Å²) in [6.07, 6.45) is 3.01. The van der Waals surface area contributed by atoms with Gasteiger partial charge in [0.1, 0.15) is 11.6 Å². The number of halogens is 2. The second-order valence-corrected chi connectivity index (χ2v) is 6.75. The maximum atomic E-state index is 14.0. The molecule has 0 spiro atoms. The number of hydrogen-bond donors (Lipinski definition) is 0. The summed E-state index contributed by atoms with van der Waals surface area (Å²) in [5, 5.41) is 0. The fraction of sp³-hybridized carbons (Fsp3) is 0.273. The number of likely N-dealkylation sites (N-methyl/N-ethyl adjacent to an activating group) is 1. The molecule has 0 radical (unpaired) electrons. The Morgan fingerprint density at radius 1 is 1.03 bits per heavy atom. The minimum Gasteiger partial charge on any atom is -0.465 e. The zero-order valence-electron chi connectivity index (χ0n) is 16.7. The van der Waals surface area contributed by atoms with Crippen LogP contribution in [0.4, 0.5) is 8.78 Å². The van der Waals surface area contributed by atoms with Gasteiger partial charge in [-0.25, -0.2) is 13.6 Å². The summed E-state index contributed by atoms with van der Waals surface area (Å²) >= 11 is 0. The monoisotopic (exact) mass is 402 g/mol. The minimum atomic E-state index is -0.685. The molecule has 2 rings (SSSR count). The quantitative estimate of drug-likeness (QED) is 0.502. The van der Waals surface area contributed by atoms with Crippen LogP contribution in [0.15, 0.2) is 48.5 Å². The molecule has 29 heavy (non-hydrogen) atoms. The Bertz CT molecular complexity index is 880. The summed E-state index contributed by atoms with van der Waals surface area (Å²) in [6.45, 7) is 1.01. The lowest BCUT2D eigenvalue weighted by molar-refractivity contribution is -0.126. The number of nitrogens with zero attached hydrogens (tertiary/aromatic N) is 2. The van der Waals surface area contributed by atoms with Crippen LogP contribution in [-0.4, -0.2) is 56.0 Å². The third kappa shape index (κ3) is 6.80. The predicted octanol–water partition coefficient (Wildman–Crippen LogP) is 3.36. The standard InChI is InChI=1S/C22H24F2N2O3/c1-25(2)12-13-26(15-18-9-10-19(23)14-20(18)24)21(27)11-6-16-4-7-17(8-5-16)22(28)29-3/h4-11,14H,12-13,15H2,1-3H3. The minimum absolute atomic E-state index is 0.0321. The summed E-state index contributed by atoms with van der Waals surface area (Å²) in [6, 6.07) is 9.92. The zero-order valence-corrected chi connectivity index (χ0v) is 16.7. The lowest BCUT2D eigenvalue weighted by Gasteiger charge is -2.23. The van der Waals surface area contributed by atoms with E-state index in [4.69, 9.17) is 0 Å². The molecule has 0 aliphatic carbocycles. The SMILES string of the molecule is COC(=O)c1ccc(C=CC(=O)N(CCN(C)C)Cc2ccc(F)cc2F)cc1. The van der Waals surface area contributed by atoms with Gasteiger partial charge in [-0.3, -0.25) is 4.79 Å². The van der Waals surface area contributed by atoms with E-state index in [-0.39, 0.29) is 18.0 Å². The van der Waals surface area contributed by atoms with Gasteiger partial charge in [-0.05, 0) is 43.9 Å². The van der Waals surface area contributed by atoms with Crippen molar-refractivity contribution in [1.82, 2.24) is 9.80 Å². The Kier molecular flexibility index (Phi) is 8.03. The molecule has 1 amide bonds. The number of amides is 1. The van der Waals surface area contributed by atoms with E-state index in [0.717, 1.165) is 11.6 Å². The van der Waals surface area contributed by atoms with Crippen molar-refractivity contribution in [2.24, 2.45) is 0 Å². The topological polar surface area (TPSA) is 49.9 Å². The van der Waals surface area contributed by atoms with Gasteiger partial charge in [0, 0.05) is 37.3 Å². The van der Waals surface area contributed by atoms with Crippen LogP contribution in [0.2, 0.25) is 0 Å². The summed E-state index contributed by atoms with van der Waals surface area (Å²) in [5.41, 5.74) is 1.39. The van der Waals surface area contributed by atoms with E-state index in [1.54, 1.807) is 30.3 Å². The highest BCUT2D eigenvalue weighted by atomic mass is 19.1. The molecule has 0 aliphatic rings. The molecule has 2 aromatic carbocycles. The number of ether oxygens (including phenoxy) is 1. The first kappa shape index (κ1) is 22.2. The highest BCUT2D eigenvalue weighted by molar-refractivity contribution is 5.92. The van der Waals surface area contributed by atoms with Crippen LogP contribution < -0.4 is 0 Å². The zero-order chi connectivity index (χ0) is 21.4. The molecule has 0 atom stereocenters. The van der Waals surface area contributed by atoms with Crippen molar-refractivity contribution < 1.29 is 23.1 Å². The molecule has 0 saturated heterocycles. The third-order valence-corrected chi connectivity index (χ3v) is 4.26. The average Bonchev–Trinajstić information content (AvgIpc) is 2.70. The summed E-state index contributed by atoms with van der Waals surface area (Å²) in [5.74, 6) is -2.08. The maximum absolute atomic E-state index is 14.0. The van der Waals surface area contributed by atoms with Crippen molar-refractivity contribution in [3.8, 4) is 0 Å². The van der Waals surface area contributed by atoms with Gasteiger partial charge in [0.2, 0.25) is 5.91 Å². The van der Waals surface area contributed by atoms with E-state index in [1.807, 2.05) is 19.0 Å². The van der Waals surface area contributed by atoms with Crippen molar-refractivity contribution in [3.63, 3.8) is 0 Å². The molecule has 0 aliphatic heterocycles. The Labute approximate surface area is 169 Å². The predicted molar refractivity (Wildman–Crippen MR) is 107 cm³/mol. The van der Waals surface area contributed by atoms with Crippen molar-refractivity contribution in [1.29, 1.82) is 0 Å². The van der Waals surface area contributed by atoms with Crippen molar-refractivity contribution in [2.45, 2.75) is 6.54 Å². The van der Waals surface area contributed by atoms with Crippen molar-refractivity contribution in [2.75, 3.05) is 34.3 Å². The van der Waals surface area contributed by atoms with E-state index >= 15 is 0 Å². The molecule has 5 nitrogen and oxygen atoms in total. The van der Waals surface area contributed by atoms with Crippen LogP contribution in [-0.2, 0) is 16.1 Å². The normalized spacial score (nSPS) is 11.1. The summed E-state index contributed by atoms with van der Waals surface area (Å²) in [4.78, 5) is 27.6. The fourth-order valence-electron chi connectivity index (χ4n) is 2.56. The van der Waals surface area contributed by atoms with Crippen LogP contribution in [0.3, 0.4) is 0 Å². The molecule has 7 heteroatoms. The third-order valence-electron chi connectivity index (χ3n) is 4.26. The molecule has 154 valence electrons. The number of esters is 1. The Morgan fingerprint density at radius 3 is 2.31 bits per heavy atom. The number of carbonyl (C=O) groups is 2. The van der Waals surface area contributed by atoms with Gasteiger partial charge in [-0.2, -0.15) is 0 Å². The van der Waals surface area contributed by atoms with Crippen LogP contribution in [0, 0.1) is 11.6 Å².